The van der Waals surface area contributed by atoms with E-state index in [2.05, 4.69) is 0 Å². The highest BCUT2D eigenvalue weighted by molar-refractivity contribution is 5.25. The van der Waals surface area contributed by atoms with Gasteiger partial charge in [-0.1, -0.05) is 0 Å². The Kier molecular flexibility index (Phi) is 2.12. The molecular formula is C6H8F3N3. The summed E-state index contributed by atoms with van der Waals surface area (Å²) >= 11 is 0. The van der Waals surface area contributed by atoms with E-state index in [9.17, 15) is 13.2 Å². The van der Waals surface area contributed by atoms with E-state index in [1.807, 2.05) is 0 Å². The lowest BCUT2D eigenvalue weighted by Crippen LogP contribution is -2.48. The quantitative estimate of drug-likeness (QED) is 0.531. The third-order valence-electron chi connectivity index (χ3n) is 1.50. The normalized spacial score (nSPS) is 24.2. The third-order valence-corrected chi connectivity index (χ3v) is 1.50. The van der Waals surface area contributed by atoms with Gasteiger partial charge in [-0.3, -0.25) is 5.01 Å². The number of hydrogen-bond acceptors (Lipinski definition) is 3. The van der Waals surface area contributed by atoms with Crippen molar-refractivity contribution in [3.05, 3.63) is 23.9 Å². The van der Waals surface area contributed by atoms with Crippen molar-refractivity contribution in [2.24, 2.45) is 11.6 Å². The molecule has 0 amide bonds. The van der Waals surface area contributed by atoms with E-state index in [-0.39, 0.29) is 0 Å². The molecule has 0 radical (unpaired) electrons. The summed E-state index contributed by atoms with van der Waals surface area (Å²) in [7, 11) is 0. The Morgan fingerprint density at radius 3 is 2.42 bits per heavy atom. The molecule has 1 aliphatic rings. The molecule has 0 saturated carbocycles. The summed E-state index contributed by atoms with van der Waals surface area (Å²) in [5.41, 5.74) is 4.33. The second-order valence-corrected chi connectivity index (χ2v) is 2.35. The molecule has 0 fully saturated rings. The summed E-state index contributed by atoms with van der Waals surface area (Å²) in [6.07, 6.45) is -2.34. The van der Waals surface area contributed by atoms with Crippen LogP contribution >= 0.6 is 0 Å². The lowest BCUT2D eigenvalue weighted by Gasteiger charge is -2.28. The summed E-state index contributed by atoms with van der Waals surface area (Å²) in [4.78, 5) is 0. The van der Waals surface area contributed by atoms with E-state index in [0.29, 0.717) is 0 Å². The van der Waals surface area contributed by atoms with E-state index in [0.717, 1.165) is 11.1 Å². The molecule has 4 N–H and O–H groups in total. The van der Waals surface area contributed by atoms with Gasteiger partial charge in [0.1, 0.15) is 6.17 Å². The van der Waals surface area contributed by atoms with Gasteiger partial charge in [0.2, 0.25) is 0 Å². The minimum absolute atomic E-state index is 0.808. The number of alkyl halides is 3. The Bertz CT molecular complexity index is 231. The predicted octanol–water partition coefficient (Wildman–Crippen LogP) is 0.463. The van der Waals surface area contributed by atoms with Gasteiger partial charge < -0.3 is 5.73 Å². The molecule has 0 spiro atoms. The van der Waals surface area contributed by atoms with E-state index < -0.39 is 17.9 Å². The van der Waals surface area contributed by atoms with E-state index in [1.165, 1.54) is 12.3 Å². The number of halogens is 3. The molecule has 6 heteroatoms. The summed E-state index contributed by atoms with van der Waals surface area (Å²) in [6, 6.07) is 0. The number of allylic oxidation sites excluding steroid dienone is 2. The summed E-state index contributed by atoms with van der Waals surface area (Å²) < 4.78 is 36.3. The van der Waals surface area contributed by atoms with Crippen molar-refractivity contribution in [2.45, 2.75) is 12.3 Å². The summed E-state index contributed by atoms with van der Waals surface area (Å²) in [6.45, 7) is 0. The number of rotatable bonds is 0. The first kappa shape index (κ1) is 9.08. The summed E-state index contributed by atoms with van der Waals surface area (Å²) in [5.74, 6) is 5.15. The first-order valence-corrected chi connectivity index (χ1v) is 3.17. The van der Waals surface area contributed by atoms with Crippen LogP contribution in [0.25, 0.3) is 0 Å². The highest BCUT2D eigenvalue weighted by Crippen LogP contribution is 2.29. The smallest absolute Gasteiger partial charge is 0.306 e. The molecule has 0 aromatic carbocycles. The molecule has 1 heterocycles. The standard InChI is InChI=1S/C6H8F3N3/c7-6(8,9)4-2-1-3-12(11)5(4)10/h1-3,5H,10-11H2. The second kappa shape index (κ2) is 2.80. The van der Waals surface area contributed by atoms with Crippen LogP contribution in [0.15, 0.2) is 23.9 Å². The molecule has 3 nitrogen and oxygen atoms in total. The number of nitrogens with zero attached hydrogens (tertiary/aromatic N) is 1. The molecule has 0 aromatic rings. The first-order valence-electron chi connectivity index (χ1n) is 3.17. The van der Waals surface area contributed by atoms with Gasteiger partial charge in [-0.05, 0) is 12.2 Å². The molecule has 68 valence electrons. The van der Waals surface area contributed by atoms with Crippen molar-refractivity contribution >= 4 is 0 Å². The van der Waals surface area contributed by atoms with Gasteiger partial charge in [-0.2, -0.15) is 13.2 Å². The van der Waals surface area contributed by atoms with Crippen molar-refractivity contribution in [3.63, 3.8) is 0 Å². The van der Waals surface area contributed by atoms with Gasteiger partial charge >= 0.3 is 6.18 Å². The van der Waals surface area contributed by atoms with Crippen LogP contribution in [0.5, 0.6) is 0 Å². The molecule has 0 aromatic heterocycles. The molecule has 0 aliphatic carbocycles. The minimum atomic E-state index is -4.41. The Labute approximate surface area is 67.1 Å². The van der Waals surface area contributed by atoms with Gasteiger partial charge in [0, 0.05) is 6.20 Å². The zero-order valence-electron chi connectivity index (χ0n) is 6.05. The predicted molar refractivity (Wildman–Crippen MR) is 37.3 cm³/mol. The van der Waals surface area contributed by atoms with Crippen molar-refractivity contribution in [1.82, 2.24) is 5.01 Å². The van der Waals surface area contributed by atoms with Crippen molar-refractivity contribution < 1.29 is 13.2 Å². The minimum Gasteiger partial charge on any atom is -0.306 e. The Hall–Kier alpha value is -1.01. The molecule has 1 aliphatic heterocycles. The average molecular weight is 179 g/mol. The fourth-order valence-corrected chi connectivity index (χ4v) is 0.860. The van der Waals surface area contributed by atoms with Crippen molar-refractivity contribution in [3.8, 4) is 0 Å². The summed E-state index contributed by atoms with van der Waals surface area (Å²) in [5, 5.41) is 0.808. The maximum Gasteiger partial charge on any atom is 0.416 e. The van der Waals surface area contributed by atoms with Crippen LogP contribution in [0.2, 0.25) is 0 Å². The van der Waals surface area contributed by atoms with Crippen molar-refractivity contribution in [2.75, 3.05) is 0 Å². The highest BCUT2D eigenvalue weighted by atomic mass is 19.4. The van der Waals surface area contributed by atoms with Gasteiger partial charge in [0.05, 0.1) is 5.57 Å². The largest absolute Gasteiger partial charge is 0.416 e. The Morgan fingerprint density at radius 1 is 1.42 bits per heavy atom. The lowest BCUT2D eigenvalue weighted by molar-refractivity contribution is -0.100. The van der Waals surface area contributed by atoms with Crippen LogP contribution in [0.1, 0.15) is 0 Å². The zero-order valence-corrected chi connectivity index (χ0v) is 6.05. The molecule has 1 rings (SSSR count). The van der Waals surface area contributed by atoms with Gasteiger partial charge in [0.25, 0.3) is 0 Å². The Morgan fingerprint density at radius 2 is 2.00 bits per heavy atom. The SMILES string of the molecule is NC1C(C(F)(F)F)=CC=CN1N. The topological polar surface area (TPSA) is 55.3 Å². The van der Waals surface area contributed by atoms with Crippen LogP contribution < -0.4 is 11.6 Å². The fourth-order valence-electron chi connectivity index (χ4n) is 0.860. The van der Waals surface area contributed by atoms with Crippen LogP contribution in [0, 0.1) is 0 Å². The van der Waals surface area contributed by atoms with Crippen LogP contribution in [-0.2, 0) is 0 Å². The van der Waals surface area contributed by atoms with E-state index in [1.54, 1.807) is 0 Å². The average Bonchev–Trinajstić information content (AvgIpc) is 1.92. The molecular weight excluding hydrogens is 171 g/mol. The zero-order chi connectivity index (χ0) is 9.35. The number of hydrazine groups is 1. The molecule has 1 unspecified atom stereocenters. The lowest BCUT2D eigenvalue weighted by atomic mass is 10.1. The molecule has 0 saturated heterocycles. The highest BCUT2D eigenvalue weighted by Gasteiger charge is 2.39. The van der Waals surface area contributed by atoms with Gasteiger partial charge in [-0.15, -0.1) is 0 Å². The Balaban J connectivity index is 2.90. The van der Waals surface area contributed by atoms with Crippen LogP contribution in [0.3, 0.4) is 0 Å². The maximum atomic E-state index is 12.1. The van der Waals surface area contributed by atoms with Gasteiger partial charge in [0.15, 0.2) is 0 Å². The van der Waals surface area contributed by atoms with Crippen molar-refractivity contribution in [1.29, 1.82) is 0 Å². The van der Waals surface area contributed by atoms with Crippen LogP contribution in [-0.4, -0.2) is 17.4 Å². The molecule has 0 bridgehead atoms. The monoisotopic (exact) mass is 179 g/mol. The van der Waals surface area contributed by atoms with Gasteiger partial charge in [-0.25, -0.2) is 5.84 Å². The molecule has 1 atom stereocenters. The van der Waals surface area contributed by atoms with E-state index in [4.69, 9.17) is 11.6 Å². The fraction of sp³-hybridized carbons (Fsp3) is 0.333. The number of hydrogen-bond donors (Lipinski definition) is 2. The molecule has 12 heavy (non-hydrogen) atoms. The second-order valence-electron chi connectivity index (χ2n) is 2.35. The van der Waals surface area contributed by atoms with E-state index >= 15 is 0 Å². The third kappa shape index (κ3) is 1.59. The maximum absolute atomic E-state index is 12.1. The number of nitrogens with two attached hydrogens (primary N) is 2. The van der Waals surface area contributed by atoms with Crippen LogP contribution in [0.4, 0.5) is 13.2 Å². The first-order chi connectivity index (χ1) is 5.43.